The molecule has 0 aliphatic carbocycles. The Morgan fingerprint density at radius 1 is 1.19 bits per heavy atom. The monoisotopic (exact) mass is 548 g/mol. The molecule has 188 valence electrons. The Hall–Kier alpha value is -3.66. The molecule has 13 heteroatoms. The third-order valence-corrected chi connectivity index (χ3v) is 7.28. The molecule has 0 atom stereocenters. The van der Waals surface area contributed by atoms with Gasteiger partial charge in [-0.1, -0.05) is 40.6 Å². The second-order valence-corrected chi connectivity index (χ2v) is 10.9. The van der Waals surface area contributed by atoms with Crippen molar-refractivity contribution in [3.05, 3.63) is 58.1 Å². The van der Waals surface area contributed by atoms with E-state index in [1.54, 1.807) is 12.1 Å². The van der Waals surface area contributed by atoms with Gasteiger partial charge in [0.1, 0.15) is 30.6 Å². The van der Waals surface area contributed by atoms with Crippen molar-refractivity contribution in [2.24, 2.45) is 0 Å². The van der Waals surface area contributed by atoms with Crippen LogP contribution in [0.4, 0.5) is 5.13 Å². The molecule has 0 saturated heterocycles. The molecule has 1 N–H and O–H groups in total. The van der Waals surface area contributed by atoms with Crippen molar-refractivity contribution in [2.45, 2.75) is 11.3 Å². The number of hydrogen-bond donors (Lipinski definition) is 1. The molecule has 0 unspecified atom stereocenters. The van der Waals surface area contributed by atoms with Crippen molar-refractivity contribution in [1.82, 2.24) is 10.2 Å². The van der Waals surface area contributed by atoms with Gasteiger partial charge in [-0.25, -0.2) is 8.42 Å². The Morgan fingerprint density at radius 3 is 2.50 bits per heavy atom. The summed E-state index contributed by atoms with van der Waals surface area (Å²) in [7, 11) is -2.14. The van der Waals surface area contributed by atoms with Crippen LogP contribution < -0.4 is 19.5 Å². The van der Waals surface area contributed by atoms with Gasteiger partial charge in [-0.2, -0.15) is 5.26 Å². The van der Waals surface area contributed by atoms with Crippen LogP contribution in [0.1, 0.15) is 11.1 Å². The number of ether oxygens (including phenoxy) is 3. The average Bonchev–Trinajstić information content (AvgIpc) is 3.31. The van der Waals surface area contributed by atoms with Gasteiger partial charge in [0.05, 0.1) is 12.1 Å². The molecule has 1 amide bonds. The first-order valence-electron chi connectivity index (χ1n) is 10.3. The van der Waals surface area contributed by atoms with E-state index in [9.17, 15) is 18.5 Å². The quantitative estimate of drug-likeness (QED) is 0.173. The van der Waals surface area contributed by atoms with Gasteiger partial charge < -0.3 is 14.2 Å². The lowest BCUT2D eigenvalue weighted by atomic mass is 10.1. The van der Waals surface area contributed by atoms with E-state index in [1.165, 1.54) is 19.3 Å². The first-order chi connectivity index (χ1) is 17.1. The molecule has 3 aromatic rings. The van der Waals surface area contributed by atoms with E-state index in [0.29, 0.717) is 28.4 Å². The molecule has 3 rings (SSSR count). The normalized spacial score (nSPS) is 11.5. The van der Waals surface area contributed by atoms with Crippen molar-refractivity contribution >= 4 is 49.9 Å². The highest BCUT2D eigenvalue weighted by atomic mass is 35.5. The molecular formula is C23H21ClN4O6S2. The highest BCUT2D eigenvalue weighted by Gasteiger charge is 2.18. The van der Waals surface area contributed by atoms with Crippen molar-refractivity contribution in [3.63, 3.8) is 0 Å². The molecule has 2 aromatic carbocycles. The van der Waals surface area contributed by atoms with Crippen LogP contribution >= 0.6 is 22.9 Å². The van der Waals surface area contributed by atoms with Gasteiger partial charge in [-0.05, 0) is 42.8 Å². The smallest absolute Gasteiger partial charge is 0.268 e. The van der Waals surface area contributed by atoms with Crippen LogP contribution in [0.3, 0.4) is 0 Å². The zero-order valence-electron chi connectivity index (χ0n) is 19.4. The van der Waals surface area contributed by atoms with Gasteiger partial charge in [0.15, 0.2) is 11.5 Å². The van der Waals surface area contributed by atoms with Gasteiger partial charge in [0.2, 0.25) is 19.3 Å². The highest BCUT2D eigenvalue weighted by molar-refractivity contribution is 7.92. The molecule has 0 radical (unpaired) electrons. The number of sulfone groups is 1. The maximum Gasteiger partial charge on any atom is 0.268 e. The van der Waals surface area contributed by atoms with E-state index in [0.717, 1.165) is 11.8 Å². The Bertz CT molecular complexity index is 1430. The molecule has 1 heterocycles. The van der Waals surface area contributed by atoms with E-state index in [-0.39, 0.29) is 39.0 Å². The average molecular weight is 549 g/mol. The van der Waals surface area contributed by atoms with Crippen LogP contribution in [-0.4, -0.2) is 51.1 Å². The van der Waals surface area contributed by atoms with Crippen LogP contribution in [0.15, 0.2) is 46.3 Å². The number of carbonyl (C=O) groups is 1. The summed E-state index contributed by atoms with van der Waals surface area (Å²) in [6.07, 6.45) is 2.27. The van der Waals surface area contributed by atoms with Gasteiger partial charge in [-0.3, -0.25) is 10.1 Å². The van der Waals surface area contributed by atoms with Crippen LogP contribution in [-0.2, 0) is 14.6 Å². The van der Waals surface area contributed by atoms with Crippen LogP contribution in [0.2, 0.25) is 5.02 Å². The molecule has 1 aromatic heterocycles. The number of aryl methyl sites for hydroxylation is 1. The molecular weight excluding hydrogens is 528 g/mol. The van der Waals surface area contributed by atoms with Crippen LogP contribution in [0.5, 0.6) is 17.2 Å². The molecule has 36 heavy (non-hydrogen) atoms. The van der Waals surface area contributed by atoms with E-state index in [1.807, 2.05) is 31.2 Å². The second-order valence-electron chi connectivity index (χ2n) is 7.31. The molecule has 0 fully saturated rings. The minimum absolute atomic E-state index is 0.0613. The minimum atomic E-state index is -3.57. The molecule has 0 spiro atoms. The third kappa shape index (κ3) is 7.17. The summed E-state index contributed by atoms with van der Waals surface area (Å²) in [5, 5.41) is 19.1. The first kappa shape index (κ1) is 26.9. The number of hydrogen-bond acceptors (Lipinski definition) is 10. The van der Waals surface area contributed by atoms with E-state index >= 15 is 0 Å². The van der Waals surface area contributed by atoms with Gasteiger partial charge in [-0.15, -0.1) is 10.2 Å². The topological polar surface area (TPSA) is 140 Å². The van der Waals surface area contributed by atoms with E-state index in [2.05, 4.69) is 15.5 Å². The lowest BCUT2D eigenvalue weighted by molar-refractivity contribution is -0.112. The standard InChI is InChI=1S/C23H21ClN4O6S2/c1-14-4-6-17(7-5-14)33-8-9-34-20-18(24)11-15(12-19(20)32-2)10-16(13-25)21(29)26-22-27-28-23(35-22)36(3,30)31/h4-7,10-12H,8-9H2,1-3H3,(H,26,27,29)/b16-10-. The van der Waals surface area contributed by atoms with Crippen molar-refractivity contribution < 1.29 is 27.4 Å². The minimum Gasteiger partial charge on any atom is -0.493 e. The Balaban J connectivity index is 1.70. The fourth-order valence-corrected chi connectivity index (χ4v) is 4.57. The molecule has 0 saturated carbocycles. The molecule has 0 bridgehead atoms. The summed E-state index contributed by atoms with van der Waals surface area (Å²) < 4.78 is 39.6. The summed E-state index contributed by atoms with van der Waals surface area (Å²) in [5.74, 6) is 0.501. The highest BCUT2D eigenvalue weighted by Crippen LogP contribution is 2.37. The number of anilines is 1. The van der Waals surface area contributed by atoms with Crippen LogP contribution in [0.25, 0.3) is 6.08 Å². The second kappa shape index (κ2) is 11.9. The number of nitrogens with one attached hydrogen (secondary N) is 1. The number of carbonyl (C=O) groups excluding carboxylic acids is 1. The molecule has 0 aliphatic heterocycles. The predicted octanol–water partition coefficient (Wildman–Crippen LogP) is 3.92. The van der Waals surface area contributed by atoms with Crippen molar-refractivity contribution in [3.8, 4) is 23.3 Å². The largest absolute Gasteiger partial charge is 0.493 e. The summed E-state index contributed by atoms with van der Waals surface area (Å²) in [6.45, 7) is 2.46. The van der Waals surface area contributed by atoms with Crippen molar-refractivity contribution in [2.75, 3.05) is 31.9 Å². The lowest BCUT2D eigenvalue weighted by Crippen LogP contribution is -2.13. The number of amides is 1. The maximum absolute atomic E-state index is 12.5. The summed E-state index contributed by atoms with van der Waals surface area (Å²) >= 11 is 7.05. The number of methoxy groups -OCH3 is 1. The fourth-order valence-electron chi connectivity index (χ4n) is 2.79. The third-order valence-electron chi connectivity index (χ3n) is 4.49. The van der Waals surface area contributed by atoms with Gasteiger partial charge >= 0.3 is 0 Å². The predicted molar refractivity (Wildman–Crippen MR) is 135 cm³/mol. The lowest BCUT2D eigenvalue weighted by Gasteiger charge is -2.14. The number of nitrogens with zero attached hydrogens (tertiary/aromatic N) is 3. The van der Waals surface area contributed by atoms with Crippen LogP contribution in [0, 0.1) is 18.3 Å². The number of benzene rings is 2. The summed E-state index contributed by atoms with van der Waals surface area (Å²) in [4.78, 5) is 12.5. The maximum atomic E-state index is 12.5. The van der Waals surface area contributed by atoms with Gasteiger partial charge in [0, 0.05) is 6.26 Å². The molecule has 0 aliphatic rings. The fraction of sp³-hybridized carbons (Fsp3) is 0.217. The zero-order chi connectivity index (χ0) is 26.3. The number of aromatic nitrogens is 2. The summed E-state index contributed by atoms with van der Waals surface area (Å²) in [6, 6.07) is 12.5. The summed E-state index contributed by atoms with van der Waals surface area (Å²) in [5.41, 5.74) is 1.26. The van der Waals surface area contributed by atoms with E-state index < -0.39 is 15.7 Å². The Kier molecular flexibility index (Phi) is 8.87. The Morgan fingerprint density at radius 2 is 1.89 bits per heavy atom. The Labute approximate surface area is 217 Å². The zero-order valence-corrected chi connectivity index (χ0v) is 21.8. The number of halogens is 1. The van der Waals surface area contributed by atoms with Crippen molar-refractivity contribution in [1.29, 1.82) is 5.26 Å². The number of nitriles is 1. The molecule has 10 nitrogen and oxygen atoms in total. The number of rotatable bonds is 10. The first-order valence-corrected chi connectivity index (χ1v) is 13.4. The van der Waals surface area contributed by atoms with E-state index in [4.69, 9.17) is 25.8 Å². The van der Waals surface area contributed by atoms with Gasteiger partial charge in [0.25, 0.3) is 5.91 Å². The SMILES string of the molecule is COc1cc(/C=C(/C#N)C(=O)Nc2nnc(S(C)(=O)=O)s2)cc(Cl)c1OCCOc1ccc(C)cc1.